The molecule has 2 aliphatic heterocycles. The molecule has 7 heteroatoms. The van der Waals surface area contributed by atoms with E-state index in [1.54, 1.807) is 0 Å². The Hall–Kier alpha value is -0.440. The van der Waals surface area contributed by atoms with E-state index in [1.807, 2.05) is 59.7 Å². The van der Waals surface area contributed by atoms with Gasteiger partial charge in [-0.3, -0.25) is 0 Å². The van der Waals surface area contributed by atoms with Crippen molar-refractivity contribution in [2.24, 2.45) is 0 Å². The summed E-state index contributed by atoms with van der Waals surface area (Å²) in [5, 5.41) is 0. The fourth-order valence-electron chi connectivity index (χ4n) is 3.64. The van der Waals surface area contributed by atoms with Crippen molar-refractivity contribution in [2.75, 3.05) is 13.1 Å². The molecule has 1 fully saturated rings. The molecule has 1 aromatic rings. The van der Waals surface area contributed by atoms with E-state index in [0.717, 1.165) is 24.2 Å². The van der Waals surface area contributed by atoms with Gasteiger partial charge in [-0.25, -0.2) is 0 Å². The van der Waals surface area contributed by atoms with Gasteiger partial charge in [-0.1, -0.05) is 18.2 Å². The summed E-state index contributed by atoms with van der Waals surface area (Å²) in [5.41, 5.74) is 0.629. The van der Waals surface area contributed by atoms with Crippen LogP contribution in [0.15, 0.2) is 24.3 Å². The normalized spacial score (nSPS) is 25.1. The molecule has 2 heterocycles. The molecule has 3 rings (SSSR count). The van der Waals surface area contributed by atoms with Crippen molar-refractivity contribution in [3.63, 3.8) is 0 Å². The third kappa shape index (κ3) is 4.28. The highest BCUT2D eigenvalue weighted by Gasteiger charge is 2.54. The number of para-hydroxylation sites is 1. The minimum Gasteiger partial charge on any atom is -0.598 e. The fraction of sp³-hybridized carbons (Fsp3) is 0.700. The Balaban J connectivity index is 1.82. The lowest BCUT2D eigenvalue weighted by Crippen LogP contribution is -2.57. The summed E-state index contributed by atoms with van der Waals surface area (Å²) in [4.78, 5) is 0. The third-order valence-corrected chi connectivity index (χ3v) is 8.62. The highest BCUT2D eigenvalue weighted by Crippen LogP contribution is 2.49. The number of nitrogens with zero attached hydrogens (tertiary/aromatic N) is 1. The lowest BCUT2D eigenvalue weighted by molar-refractivity contribution is 0.0147. The van der Waals surface area contributed by atoms with Crippen molar-refractivity contribution in [1.82, 2.24) is 9.03 Å². The van der Waals surface area contributed by atoms with E-state index < -0.39 is 28.3 Å². The van der Waals surface area contributed by atoms with Crippen LogP contribution in [0.5, 0.6) is 5.75 Å². The van der Waals surface area contributed by atoms with E-state index in [1.165, 1.54) is 0 Å². The van der Waals surface area contributed by atoms with E-state index in [9.17, 15) is 9.11 Å². The number of ether oxygens (including phenoxy) is 1. The average Bonchev–Trinajstić information content (AvgIpc) is 2.87. The first-order chi connectivity index (χ1) is 12.4. The minimum absolute atomic E-state index is 0.126. The molecule has 0 aliphatic carbocycles. The third-order valence-electron chi connectivity index (χ3n) is 5.18. The van der Waals surface area contributed by atoms with Crippen LogP contribution in [0.3, 0.4) is 0 Å². The number of fused-ring (bicyclic) bond motifs is 1. The summed E-state index contributed by atoms with van der Waals surface area (Å²) in [7, 11) is 0. The highest BCUT2D eigenvalue weighted by molar-refractivity contribution is 7.91. The van der Waals surface area contributed by atoms with E-state index in [4.69, 9.17) is 4.74 Å². The van der Waals surface area contributed by atoms with E-state index in [2.05, 4.69) is 15.1 Å². The zero-order chi connectivity index (χ0) is 20.0. The highest BCUT2D eigenvalue weighted by atomic mass is 32.2. The van der Waals surface area contributed by atoms with Gasteiger partial charge >= 0.3 is 0 Å². The molecular weight excluding hydrogens is 380 g/mol. The Labute approximate surface area is 169 Å². The van der Waals surface area contributed by atoms with Gasteiger partial charge < -0.3 is 13.8 Å². The lowest BCUT2D eigenvalue weighted by atomic mass is 9.84. The van der Waals surface area contributed by atoms with Crippen molar-refractivity contribution >= 4 is 22.7 Å². The molecule has 0 unspecified atom stereocenters. The molecule has 1 saturated heterocycles. The van der Waals surface area contributed by atoms with Gasteiger partial charge in [0.05, 0.1) is 0 Å². The van der Waals surface area contributed by atoms with Crippen LogP contribution in [0.4, 0.5) is 0 Å². The zero-order valence-electron chi connectivity index (χ0n) is 17.2. The molecule has 0 bridgehead atoms. The van der Waals surface area contributed by atoms with Crippen LogP contribution in [0, 0.1) is 0 Å². The molecule has 0 radical (unpaired) electrons. The predicted octanol–water partition coefficient (Wildman–Crippen LogP) is 3.47. The molecule has 2 aliphatic rings. The Kier molecular flexibility index (Phi) is 5.85. The number of nitrogens with one attached hydrogen (secondary N) is 1. The van der Waals surface area contributed by atoms with Crippen LogP contribution in [0.25, 0.3) is 0 Å². The smallest absolute Gasteiger partial charge is 0.137 e. The number of hydrogen-bond donors (Lipinski definition) is 1. The summed E-state index contributed by atoms with van der Waals surface area (Å²) in [5.74, 6) is 0.867. The molecule has 27 heavy (non-hydrogen) atoms. The molecule has 0 aromatic heterocycles. The molecule has 1 spiro atoms. The standard InChI is InChI=1S/C20H32N2O3S2/c1-18(2,3)26(23)21-17-15-9-7-8-10-16(15)25-20(17)11-13-22(14-12-20)27(24)19(4,5)6/h7-10,17,21H,11-14H2,1-6H3/t17-,26-,27-/m0/s1. The second-order valence-corrected chi connectivity index (χ2v) is 13.7. The number of hydrogen-bond acceptors (Lipinski definition) is 5. The van der Waals surface area contributed by atoms with Crippen LogP contribution < -0.4 is 9.46 Å². The second-order valence-electron chi connectivity index (χ2n) is 9.43. The van der Waals surface area contributed by atoms with Gasteiger partial charge in [-0.05, 0) is 47.6 Å². The average molecular weight is 413 g/mol. The van der Waals surface area contributed by atoms with Gasteiger partial charge in [-0.2, -0.15) is 0 Å². The lowest BCUT2D eigenvalue weighted by Gasteiger charge is -2.43. The van der Waals surface area contributed by atoms with Gasteiger partial charge in [0.1, 0.15) is 26.9 Å². The van der Waals surface area contributed by atoms with Crippen LogP contribution in [-0.2, 0) is 22.7 Å². The summed E-state index contributed by atoms with van der Waals surface area (Å²) in [6.07, 6.45) is 1.50. The number of benzene rings is 1. The molecule has 152 valence electrons. The Morgan fingerprint density at radius 2 is 1.63 bits per heavy atom. The molecule has 1 N–H and O–H groups in total. The van der Waals surface area contributed by atoms with Crippen molar-refractivity contribution < 1.29 is 13.8 Å². The summed E-state index contributed by atoms with van der Waals surface area (Å²) >= 11 is -2.23. The molecular formula is C20H32N2O3S2. The number of piperidine rings is 1. The van der Waals surface area contributed by atoms with Gasteiger partial charge in [0.15, 0.2) is 0 Å². The SMILES string of the molecule is CC(C)(C)[S@+]([O-])N[C@H]1c2ccccc2OC12CCN([S@@+]([O-])C(C)(C)C)CC2. The minimum atomic E-state index is -1.20. The maximum absolute atomic E-state index is 12.8. The van der Waals surface area contributed by atoms with Gasteiger partial charge in [0.2, 0.25) is 0 Å². The maximum Gasteiger partial charge on any atom is 0.137 e. The second kappa shape index (κ2) is 7.43. The Morgan fingerprint density at radius 1 is 1.04 bits per heavy atom. The molecule has 5 nitrogen and oxygen atoms in total. The monoisotopic (exact) mass is 412 g/mol. The van der Waals surface area contributed by atoms with Crippen LogP contribution in [0.1, 0.15) is 66.0 Å². The first-order valence-electron chi connectivity index (χ1n) is 9.57. The summed E-state index contributed by atoms with van der Waals surface area (Å²) < 4.78 is 36.9. The van der Waals surface area contributed by atoms with Gasteiger partial charge in [0.25, 0.3) is 0 Å². The quantitative estimate of drug-likeness (QED) is 0.770. The zero-order valence-corrected chi connectivity index (χ0v) is 18.8. The summed E-state index contributed by atoms with van der Waals surface area (Å²) in [6, 6.07) is 7.89. The molecule has 3 atom stereocenters. The van der Waals surface area contributed by atoms with Crippen molar-refractivity contribution in [2.45, 2.75) is 75.5 Å². The predicted molar refractivity (Wildman–Crippen MR) is 112 cm³/mol. The van der Waals surface area contributed by atoms with Crippen LogP contribution in [-0.4, -0.2) is 41.6 Å². The molecule has 0 amide bonds. The van der Waals surface area contributed by atoms with E-state index in [0.29, 0.717) is 13.1 Å². The van der Waals surface area contributed by atoms with E-state index >= 15 is 0 Å². The molecule has 1 aromatic carbocycles. The topological polar surface area (TPSA) is 70.6 Å². The first-order valence-corrected chi connectivity index (χ1v) is 11.8. The first kappa shape index (κ1) is 21.3. The van der Waals surface area contributed by atoms with E-state index in [-0.39, 0.29) is 15.5 Å². The maximum atomic E-state index is 12.8. The van der Waals surface area contributed by atoms with Gasteiger partial charge in [-0.15, -0.1) is 9.03 Å². The summed E-state index contributed by atoms with van der Waals surface area (Å²) in [6.45, 7) is 13.3. The fourth-order valence-corrected chi connectivity index (χ4v) is 5.83. The Bertz CT molecular complexity index is 664. The van der Waals surface area contributed by atoms with Crippen molar-refractivity contribution in [1.29, 1.82) is 0 Å². The van der Waals surface area contributed by atoms with Gasteiger partial charge in [0, 0.05) is 54.2 Å². The largest absolute Gasteiger partial charge is 0.598 e. The molecule has 0 saturated carbocycles. The number of rotatable bonds is 3. The Morgan fingerprint density at radius 3 is 2.19 bits per heavy atom. The van der Waals surface area contributed by atoms with Crippen LogP contribution in [0.2, 0.25) is 0 Å². The van der Waals surface area contributed by atoms with Crippen LogP contribution >= 0.6 is 0 Å². The van der Waals surface area contributed by atoms with Crippen molar-refractivity contribution in [3.8, 4) is 5.75 Å². The van der Waals surface area contributed by atoms with Crippen molar-refractivity contribution in [3.05, 3.63) is 29.8 Å².